The van der Waals surface area contributed by atoms with Crippen LogP contribution in [0.3, 0.4) is 0 Å². The van der Waals surface area contributed by atoms with Crippen LogP contribution in [0.2, 0.25) is 0 Å². The Balaban J connectivity index is 2.46. The quantitative estimate of drug-likeness (QED) is 0.611. The Morgan fingerprint density at radius 2 is 1.82 bits per heavy atom. The van der Waals surface area contributed by atoms with Gasteiger partial charge in [0.15, 0.2) is 10.5 Å². The van der Waals surface area contributed by atoms with Gasteiger partial charge in [0.05, 0.1) is 0 Å². The molecule has 0 fully saturated rings. The van der Waals surface area contributed by atoms with Gasteiger partial charge < -0.3 is 4.74 Å². The van der Waals surface area contributed by atoms with Gasteiger partial charge in [-0.1, -0.05) is 24.3 Å². The molecule has 0 amide bonds. The van der Waals surface area contributed by atoms with Gasteiger partial charge in [-0.3, -0.25) is 9.59 Å². The number of carbonyl (C=O) groups is 2. The summed E-state index contributed by atoms with van der Waals surface area (Å²) >= 11 is -0.599. The molecule has 120 valence electrons. The molecule has 1 unspecified atom stereocenters. The molecular weight excluding hydrogens is 317 g/mol. The average Bonchev–Trinajstić information content (AvgIpc) is 2.60. The van der Waals surface area contributed by atoms with Crippen molar-refractivity contribution in [1.82, 2.24) is 0 Å². The maximum absolute atomic E-state index is 12.9. The van der Waals surface area contributed by atoms with E-state index in [0.717, 1.165) is 0 Å². The highest BCUT2D eigenvalue weighted by atomic mass is 32.2. The molecule has 1 aromatic carbocycles. The monoisotopic (exact) mass is 332 g/mol. The zero-order valence-corrected chi connectivity index (χ0v) is 13.1. The first kappa shape index (κ1) is 16.9. The molecule has 2 rings (SSSR count). The van der Waals surface area contributed by atoms with E-state index in [2.05, 4.69) is 0 Å². The standard InChI is InChI=1S/C15H15F3O3S/c1-13(2,3)21-12(20)14(22-15(16,17)18)8-9-6-4-5-7-10(9)11(14)19/h4-7H,8H2,1-3H3. The first-order chi connectivity index (χ1) is 9.95. The molecule has 1 aliphatic carbocycles. The summed E-state index contributed by atoms with van der Waals surface area (Å²) in [4.78, 5) is 24.9. The van der Waals surface area contributed by atoms with E-state index in [-0.39, 0.29) is 12.0 Å². The lowest BCUT2D eigenvalue weighted by Gasteiger charge is -2.29. The summed E-state index contributed by atoms with van der Waals surface area (Å²) in [6.45, 7) is 4.64. The number of esters is 1. The van der Waals surface area contributed by atoms with Crippen molar-refractivity contribution in [2.75, 3.05) is 0 Å². The fraction of sp³-hybridized carbons (Fsp3) is 0.467. The SMILES string of the molecule is CC(C)(C)OC(=O)C1(SC(F)(F)F)Cc2ccccc2C1=O. The summed E-state index contributed by atoms with van der Waals surface area (Å²) in [5, 5.41) is 0. The van der Waals surface area contributed by atoms with Crippen molar-refractivity contribution < 1.29 is 27.5 Å². The maximum atomic E-state index is 12.9. The number of carbonyl (C=O) groups excluding carboxylic acids is 2. The van der Waals surface area contributed by atoms with Crippen LogP contribution in [0.4, 0.5) is 13.2 Å². The Morgan fingerprint density at radius 3 is 2.32 bits per heavy atom. The average molecular weight is 332 g/mol. The number of ketones is 1. The fourth-order valence-corrected chi connectivity index (χ4v) is 3.26. The summed E-state index contributed by atoms with van der Waals surface area (Å²) < 4.78 is 41.6. The van der Waals surface area contributed by atoms with Crippen LogP contribution in [-0.4, -0.2) is 27.6 Å². The molecule has 0 saturated heterocycles. The van der Waals surface area contributed by atoms with Crippen LogP contribution in [-0.2, 0) is 16.0 Å². The largest absolute Gasteiger partial charge is 0.459 e. The van der Waals surface area contributed by atoms with Crippen molar-refractivity contribution in [1.29, 1.82) is 0 Å². The number of rotatable bonds is 2. The van der Waals surface area contributed by atoms with Crippen LogP contribution < -0.4 is 0 Å². The van der Waals surface area contributed by atoms with Crippen molar-refractivity contribution >= 4 is 23.5 Å². The molecule has 0 saturated carbocycles. The van der Waals surface area contributed by atoms with Gasteiger partial charge in [0.1, 0.15) is 5.60 Å². The minimum atomic E-state index is -4.73. The predicted octanol–water partition coefficient (Wildman–Crippen LogP) is 3.76. The summed E-state index contributed by atoms with van der Waals surface area (Å²) in [7, 11) is 0. The van der Waals surface area contributed by atoms with Crippen LogP contribution in [0.25, 0.3) is 0 Å². The van der Waals surface area contributed by atoms with Crippen LogP contribution in [0, 0.1) is 0 Å². The highest BCUT2D eigenvalue weighted by molar-refractivity contribution is 8.03. The second-order valence-corrected chi connectivity index (χ2v) is 7.40. The number of hydrogen-bond acceptors (Lipinski definition) is 4. The molecule has 22 heavy (non-hydrogen) atoms. The van der Waals surface area contributed by atoms with Gasteiger partial charge in [0.2, 0.25) is 0 Å². The van der Waals surface area contributed by atoms with Crippen molar-refractivity contribution in [2.45, 2.75) is 43.0 Å². The van der Waals surface area contributed by atoms with E-state index in [0.29, 0.717) is 5.56 Å². The molecule has 1 aliphatic rings. The Kier molecular flexibility index (Phi) is 4.06. The van der Waals surface area contributed by atoms with Gasteiger partial charge in [-0.2, -0.15) is 13.2 Å². The zero-order chi connectivity index (χ0) is 16.8. The van der Waals surface area contributed by atoms with Crippen LogP contribution in [0.5, 0.6) is 0 Å². The number of halogens is 3. The molecule has 1 atom stereocenters. The third-order valence-corrected chi connectivity index (χ3v) is 4.16. The molecular formula is C15H15F3O3S. The molecule has 1 aromatic rings. The topological polar surface area (TPSA) is 43.4 Å². The number of fused-ring (bicyclic) bond motifs is 1. The first-order valence-electron chi connectivity index (χ1n) is 6.58. The van der Waals surface area contributed by atoms with E-state index in [4.69, 9.17) is 4.74 Å². The Hall–Kier alpha value is -1.50. The van der Waals surface area contributed by atoms with Crippen molar-refractivity contribution in [3.8, 4) is 0 Å². The van der Waals surface area contributed by atoms with Crippen LogP contribution >= 0.6 is 11.8 Å². The number of alkyl halides is 3. The smallest absolute Gasteiger partial charge is 0.443 e. The van der Waals surface area contributed by atoms with Gasteiger partial charge in [-0.05, 0) is 38.1 Å². The number of benzene rings is 1. The summed E-state index contributed by atoms with van der Waals surface area (Å²) in [6.07, 6.45) is -0.318. The third-order valence-electron chi connectivity index (χ3n) is 3.09. The molecule has 0 N–H and O–H groups in total. The van der Waals surface area contributed by atoms with E-state index < -0.39 is 39.4 Å². The Labute approximate surface area is 130 Å². The Bertz CT molecular complexity index is 619. The fourth-order valence-electron chi connectivity index (χ4n) is 2.31. The lowest BCUT2D eigenvalue weighted by molar-refractivity contribution is -0.156. The van der Waals surface area contributed by atoms with E-state index in [1.165, 1.54) is 6.07 Å². The van der Waals surface area contributed by atoms with Crippen molar-refractivity contribution in [3.63, 3.8) is 0 Å². The van der Waals surface area contributed by atoms with Gasteiger partial charge >= 0.3 is 11.5 Å². The van der Waals surface area contributed by atoms with Gasteiger partial charge in [0.25, 0.3) is 0 Å². The van der Waals surface area contributed by atoms with E-state index in [1.54, 1.807) is 39.0 Å². The predicted molar refractivity (Wildman–Crippen MR) is 76.7 cm³/mol. The molecule has 0 aromatic heterocycles. The summed E-state index contributed by atoms with van der Waals surface area (Å²) in [5.74, 6) is -2.00. The third kappa shape index (κ3) is 3.29. The van der Waals surface area contributed by atoms with Crippen LogP contribution in [0.15, 0.2) is 24.3 Å². The molecule has 0 radical (unpaired) electrons. The number of ether oxygens (including phenoxy) is 1. The number of Topliss-reactive ketones (excluding diaryl/α,β-unsaturated/α-hetero) is 1. The Morgan fingerprint density at radius 1 is 1.23 bits per heavy atom. The van der Waals surface area contributed by atoms with Gasteiger partial charge in [-0.25, -0.2) is 0 Å². The highest BCUT2D eigenvalue weighted by Crippen LogP contribution is 2.49. The molecule has 7 heteroatoms. The minimum absolute atomic E-state index is 0.144. The first-order valence-corrected chi connectivity index (χ1v) is 7.39. The molecule has 0 aliphatic heterocycles. The van der Waals surface area contributed by atoms with E-state index in [9.17, 15) is 22.8 Å². The second kappa shape index (κ2) is 5.30. The summed E-state index contributed by atoms with van der Waals surface area (Å²) in [5.41, 5.74) is -5.14. The zero-order valence-electron chi connectivity index (χ0n) is 12.3. The lowest BCUT2D eigenvalue weighted by atomic mass is 10.0. The van der Waals surface area contributed by atoms with Gasteiger partial charge in [-0.15, -0.1) is 0 Å². The van der Waals surface area contributed by atoms with Gasteiger partial charge in [0, 0.05) is 12.0 Å². The molecule has 3 nitrogen and oxygen atoms in total. The minimum Gasteiger partial charge on any atom is -0.459 e. The normalized spacial score (nSPS) is 21.6. The molecule has 0 bridgehead atoms. The maximum Gasteiger partial charge on any atom is 0.443 e. The second-order valence-electron chi connectivity index (χ2n) is 6.04. The molecule has 0 heterocycles. The van der Waals surface area contributed by atoms with Crippen molar-refractivity contribution in [2.24, 2.45) is 0 Å². The van der Waals surface area contributed by atoms with E-state index in [1.807, 2.05) is 0 Å². The summed E-state index contributed by atoms with van der Waals surface area (Å²) in [6, 6.07) is 6.16. The van der Waals surface area contributed by atoms with Crippen LogP contribution in [0.1, 0.15) is 36.7 Å². The molecule has 0 spiro atoms. The lowest BCUT2D eigenvalue weighted by Crippen LogP contribution is -2.47. The van der Waals surface area contributed by atoms with E-state index >= 15 is 0 Å². The van der Waals surface area contributed by atoms with Crippen molar-refractivity contribution in [3.05, 3.63) is 35.4 Å². The number of thioether (sulfide) groups is 1. The number of hydrogen-bond donors (Lipinski definition) is 0. The highest BCUT2D eigenvalue weighted by Gasteiger charge is 2.59.